The molecule has 1 aliphatic rings. The van der Waals surface area contributed by atoms with Gasteiger partial charge in [0.1, 0.15) is 5.75 Å². The van der Waals surface area contributed by atoms with Crippen LogP contribution in [0.25, 0.3) is 0 Å². The molecule has 0 amide bonds. The molecule has 2 rings (SSSR count). The second-order valence-electron chi connectivity index (χ2n) is 4.78. The van der Waals surface area contributed by atoms with Gasteiger partial charge in [0.15, 0.2) is 0 Å². The molecule has 17 heavy (non-hydrogen) atoms. The van der Waals surface area contributed by atoms with Gasteiger partial charge in [0.25, 0.3) is 0 Å². The average molecular weight is 233 g/mol. The Labute approximate surface area is 104 Å². The minimum absolute atomic E-state index is 0.850. The van der Waals surface area contributed by atoms with Gasteiger partial charge in [0, 0.05) is 13.0 Å². The van der Waals surface area contributed by atoms with Gasteiger partial charge in [-0.1, -0.05) is 38.3 Å². The van der Waals surface area contributed by atoms with E-state index in [2.05, 4.69) is 30.4 Å². The highest BCUT2D eigenvalue weighted by Gasteiger charge is 2.11. The maximum Gasteiger partial charge on any atom is 0.122 e. The summed E-state index contributed by atoms with van der Waals surface area (Å²) in [4.78, 5) is 0. The largest absolute Gasteiger partial charge is 0.493 e. The molecule has 0 radical (unpaired) electrons. The normalized spacial score (nSPS) is 13.5. The number of ether oxygens (including phenoxy) is 1. The summed E-state index contributed by atoms with van der Waals surface area (Å²) in [5, 5.41) is 3.51. The van der Waals surface area contributed by atoms with Crippen LogP contribution in [0.15, 0.2) is 18.2 Å². The number of unbranched alkanes of at least 4 members (excludes halogenated alkanes) is 3. The van der Waals surface area contributed by atoms with Gasteiger partial charge in [-0.25, -0.2) is 0 Å². The van der Waals surface area contributed by atoms with Gasteiger partial charge in [0.2, 0.25) is 0 Å². The van der Waals surface area contributed by atoms with Crippen molar-refractivity contribution in [3.63, 3.8) is 0 Å². The molecule has 1 N–H and O–H groups in total. The van der Waals surface area contributed by atoms with Crippen LogP contribution in [0.5, 0.6) is 5.75 Å². The van der Waals surface area contributed by atoms with Crippen molar-refractivity contribution in [2.75, 3.05) is 13.2 Å². The molecule has 0 saturated carbocycles. The number of rotatable bonds is 7. The van der Waals surface area contributed by atoms with Crippen LogP contribution in [-0.2, 0) is 13.0 Å². The molecule has 0 aliphatic carbocycles. The van der Waals surface area contributed by atoms with Crippen molar-refractivity contribution in [2.24, 2.45) is 0 Å². The number of fused-ring (bicyclic) bond motifs is 1. The highest BCUT2D eigenvalue weighted by molar-refractivity contribution is 5.39. The van der Waals surface area contributed by atoms with Crippen LogP contribution in [0, 0.1) is 0 Å². The van der Waals surface area contributed by atoms with E-state index >= 15 is 0 Å². The molecule has 0 saturated heterocycles. The highest BCUT2D eigenvalue weighted by Crippen LogP contribution is 2.25. The van der Waals surface area contributed by atoms with Crippen molar-refractivity contribution in [1.82, 2.24) is 5.32 Å². The van der Waals surface area contributed by atoms with Crippen molar-refractivity contribution >= 4 is 0 Å². The summed E-state index contributed by atoms with van der Waals surface area (Å²) < 4.78 is 5.50. The highest BCUT2D eigenvalue weighted by atomic mass is 16.5. The van der Waals surface area contributed by atoms with Gasteiger partial charge < -0.3 is 10.1 Å². The lowest BCUT2D eigenvalue weighted by Crippen LogP contribution is -2.14. The van der Waals surface area contributed by atoms with E-state index in [1.165, 1.54) is 36.8 Å². The summed E-state index contributed by atoms with van der Waals surface area (Å²) in [5.41, 5.74) is 2.75. The molecule has 1 heterocycles. The van der Waals surface area contributed by atoms with Crippen molar-refractivity contribution in [2.45, 2.75) is 45.6 Å². The van der Waals surface area contributed by atoms with E-state index in [1.54, 1.807) is 0 Å². The Balaban J connectivity index is 1.69. The average Bonchev–Trinajstić information content (AvgIpc) is 2.81. The Bertz CT molecular complexity index is 349. The van der Waals surface area contributed by atoms with E-state index < -0.39 is 0 Å². The molecule has 1 aromatic rings. The number of nitrogens with one attached hydrogen (secondary N) is 1. The first-order valence-corrected chi connectivity index (χ1v) is 6.85. The lowest BCUT2D eigenvalue weighted by Gasteiger charge is -2.06. The minimum atomic E-state index is 0.850. The molecule has 1 aromatic carbocycles. The van der Waals surface area contributed by atoms with Crippen LogP contribution in [0.1, 0.15) is 43.7 Å². The first-order valence-electron chi connectivity index (χ1n) is 6.85. The Morgan fingerprint density at radius 1 is 1.24 bits per heavy atom. The van der Waals surface area contributed by atoms with Crippen molar-refractivity contribution in [3.8, 4) is 5.75 Å². The third-order valence-electron chi connectivity index (χ3n) is 3.29. The fourth-order valence-electron chi connectivity index (χ4n) is 2.26. The van der Waals surface area contributed by atoms with Crippen LogP contribution in [0.3, 0.4) is 0 Å². The zero-order valence-electron chi connectivity index (χ0n) is 10.8. The molecular weight excluding hydrogens is 210 g/mol. The molecule has 2 heteroatoms. The van der Waals surface area contributed by atoms with Gasteiger partial charge >= 0.3 is 0 Å². The van der Waals surface area contributed by atoms with Crippen molar-refractivity contribution < 1.29 is 4.74 Å². The third kappa shape index (κ3) is 3.74. The van der Waals surface area contributed by atoms with E-state index in [4.69, 9.17) is 4.74 Å². The standard InChI is InChI=1S/C15H23NO/c1-2-3-4-5-9-16-12-13-6-7-15-14(11-13)8-10-17-15/h6-7,11,16H,2-5,8-10,12H2,1H3. The Hall–Kier alpha value is -1.02. The first-order chi connectivity index (χ1) is 8.40. The van der Waals surface area contributed by atoms with Gasteiger partial charge in [-0.2, -0.15) is 0 Å². The van der Waals surface area contributed by atoms with Gasteiger partial charge in [0.05, 0.1) is 6.61 Å². The number of benzene rings is 1. The van der Waals surface area contributed by atoms with Crippen molar-refractivity contribution in [3.05, 3.63) is 29.3 Å². The minimum Gasteiger partial charge on any atom is -0.493 e. The maximum atomic E-state index is 5.50. The molecule has 0 spiro atoms. The predicted octanol–water partition coefficient (Wildman–Crippen LogP) is 3.29. The van der Waals surface area contributed by atoms with E-state index in [0.717, 1.165) is 31.9 Å². The smallest absolute Gasteiger partial charge is 0.122 e. The molecule has 94 valence electrons. The maximum absolute atomic E-state index is 5.50. The Morgan fingerprint density at radius 3 is 3.06 bits per heavy atom. The zero-order chi connectivity index (χ0) is 11.9. The van der Waals surface area contributed by atoms with E-state index in [0.29, 0.717) is 0 Å². The van der Waals surface area contributed by atoms with Gasteiger partial charge in [-0.05, 0) is 30.2 Å². The monoisotopic (exact) mass is 233 g/mol. The van der Waals surface area contributed by atoms with E-state index in [-0.39, 0.29) is 0 Å². The van der Waals surface area contributed by atoms with E-state index in [1.807, 2.05) is 0 Å². The van der Waals surface area contributed by atoms with E-state index in [9.17, 15) is 0 Å². The Morgan fingerprint density at radius 2 is 2.18 bits per heavy atom. The Kier molecular flexibility index (Phi) is 4.87. The summed E-state index contributed by atoms with van der Waals surface area (Å²) in [7, 11) is 0. The quantitative estimate of drug-likeness (QED) is 0.730. The van der Waals surface area contributed by atoms with Crippen LogP contribution < -0.4 is 10.1 Å². The molecule has 0 bridgehead atoms. The second kappa shape index (κ2) is 6.65. The lowest BCUT2D eigenvalue weighted by molar-refractivity contribution is 0.357. The number of hydrogen-bond acceptors (Lipinski definition) is 2. The van der Waals surface area contributed by atoms with Gasteiger partial charge in [-0.15, -0.1) is 0 Å². The predicted molar refractivity (Wildman–Crippen MR) is 71.5 cm³/mol. The topological polar surface area (TPSA) is 21.3 Å². The third-order valence-corrected chi connectivity index (χ3v) is 3.29. The molecule has 0 aromatic heterocycles. The van der Waals surface area contributed by atoms with Crippen LogP contribution in [0.2, 0.25) is 0 Å². The fourth-order valence-corrected chi connectivity index (χ4v) is 2.26. The summed E-state index contributed by atoms with van der Waals surface area (Å²) in [6.45, 7) is 5.22. The molecular formula is C15H23NO. The fraction of sp³-hybridized carbons (Fsp3) is 0.600. The zero-order valence-corrected chi connectivity index (χ0v) is 10.8. The summed E-state index contributed by atoms with van der Waals surface area (Å²) in [6, 6.07) is 6.56. The van der Waals surface area contributed by atoms with Crippen LogP contribution >= 0.6 is 0 Å². The molecule has 0 unspecified atom stereocenters. The first kappa shape index (κ1) is 12.4. The van der Waals surface area contributed by atoms with Crippen LogP contribution in [-0.4, -0.2) is 13.2 Å². The lowest BCUT2D eigenvalue weighted by atomic mass is 10.1. The molecule has 2 nitrogen and oxygen atoms in total. The van der Waals surface area contributed by atoms with Gasteiger partial charge in [-0.3, -0.25) is 0 Å². The summed E-state index contributed by atoms with van der Waals surface area (Å²) in [5.74, 6) is 1.08. The number of hydrogen-bond donors (Lipinski definition) is 1. The molecule has 0 atom stereocenters. The van der Waals surface area contributed by atoms with Crippen LogP contribution in [0.4, 0.5) is 0 Å². The summed E-state index contributed by atoms with van der Waals surface area (Å²) >= 11 is 0. The van der Waals surface area contributed by atoms with Crippen molar-refractivity contribution in [1.29, 1.82) is 0 Å². The SMILES string of the molecule is CCCCCCNCc1ccc2c(c1)CCO2. The molecule has 0 fully saturated rings. The second-order valence-corrected chi connectivity index (χ2v) is 4.78. The molecule has 1 aliphatic heterocycles. The summed E-state index contributed by atoms with van der Waals surface area (Å²) in [6.07, 6.45) is 6.38.